The highest BCUT2D eigenvalue weighted by Crippen LogP contribution is 2.28. The molecule has 1 aliphatic carbocycles. The lowest BCUT2D eigenvalue weighted by Gasteiger charge is -2.25. The van der Waals surface area contributed by atoms with Crippen molar-refractivity contribution in [3.8, 4) is 0 Å². The van der Waals surface area contributed by atoms with E-state index in [1.165, 1.54) is 0 Å². The van der Waals surface area contributed by atoms with Gasteiger partial charge >= 0.3 is 0 Å². The summed E-state index contributed by atoms with van der Waals surface area (Å²) in [5.74, 6) is -0.332. The number of amides is 1. The molecule has 0 spiro atoms. The summed E-state index contributed by atoms with van der Waals surface area (Å²) in [7, 11) is 0. The fourth-order valence-electron chi connectivity index (χ4n) is 1.73. The van der Waals surface area contributed by atoms with Crippen molar-refractivity contribution >= 4 is 12.2 Å². The normalized spacial score (nSPS) is 20.7. The molecule has 0 aromatic rings. The number of primary amides is 1. The molecule has 0 saturated heterocycles. The van der Waals surface area contributed by atoms with E-state index in [4.69, 9.17) is 5.73 Å². The minimum atomic E-state index is -0.596. The van der Waals surface area contributed by atoms with Gasteiger partial charge in [0.1, 0.15) is 6.29 Å². The average Bonchev–Trinajstić information content (AvgIpc) is 2.50. The highest BCUT2D eigenvalue weighted by atomic mass is 16.1. The summed E-state index contributed by atoms with van der Waals surface area (Å²) < 4.78 is 0. The van der Waals surface area contributed by atoms with Gasteiger partial charge in [-0.25, -0.2) is 0 Å². The van der Waals surface area contributed by atoms with Crippen LogP contribution in [0.1, 0.15) is 25.7 Å². The average molecular weight is 170 g/mol. The Morgan fingerprint density at radius 2 is 2.08 bits per heavy atom. The van der Waals surface area contributed by atoms with E-state index in [1.54, 1.807) is 0 Å². The minimum absolute atomic E-state index is 0.211. The molecule has 4 heteroatoms. The van der Waals surface area contributed by atoms with Crippen molar-refractivity contribution in [2.24, 2.45) is 5.73 Å². The molecule has 0 unspecified atom stereocenters. The number of hydrogen-bond acceptors (Lipinski definition) is 3. The Kier molecular flexibility index (Phi) is 2.81. The van der Waals surface area contributed by atoms with Crippen molar-refractivity contribution in [3.63, 3.8) is 0 Å². The standard InChI is InChI=1S/C8H14N2O2/c9-7(12)8(10-5-6-11)3-1-2-4-8/h6,10H,1-5H2,(H2,9,12). The zero-order valence-electron chi connectivity index (χ0n) is 7.01. The molecule has 0 atom stereocenters. The molecule has 0 radical (unpaired) electrons. The Morgan fingerprint density at radius 3 is 2.50 bits per heavy atom. The van der Waals surface area contributed by atoms with Crippen molar-refractivity contribution < 1.29 is 9.59 Å². The number of nitrogens with one attached hydrogen (secondary N) is 1. The van der Waals surface area contributed by atoms with Gasteiger partial charge in [-0.2, -0.15) is 0 Å². The number of nitrogens with two attached hydrogens (primary N) is 1. The van der Waals surface area contributed by atoms with Gasteiger partial charge in [-0.3, -0.25) is 10.1 Å². The fourth-order valence-corrected chi connectivity index (χ4v) is 1.73. The third-order valence-electron chi connectivity index (χ3n) is 2.45. The maximum absolute atomic E-state index is 11.1. The van der Waals surface area contributed by atoms with Crippen LogP contribution in [-0.4, -0.2) is 24.3 Å². The van der Waals surface area contributed by atoms with Crippen LogP contribution in [0.25, 0.3) is 0 Å². The van der Waals surface area contributed by atoms with Crippen LogP contribution < -0.4 is 11.1 Å². The fraction of sp³-hybridized carbons (Fsp3) is 0.750. The summed E-state index contributed by atoms with van der Waals surface area (Å²) in [5, 5.41) is 2.90. The van der Waals surface area contributed by atoms with Crippen LogP contribution in [0.3, 0.4) is 0 Å². The molecule has 1 amide bonds. The van der Waals surface area contributed by atoms with Gasteiger partial charge in [0.15, 0.2) is 0 Å². The van der Waals surface area contributed by atoms with Gasteiger partial charge in [0.2, 0.25) is 5.91 Å². The van der Waals surface area contributed by atoms with Crippen LogP contribution in [0.15, 0.2) is 0 Å². The van der Waals surface area contributed by atoms with Crippen LogP contribution >= 0.6 is 0 Å². The Morgan fingerprint density at radius 1 is 1.50 bits per heavy atom. The van der Waals surface area contributed by atoms with E-state index in [0.29, 0.717) is 0 Å². The van der Waals surface area contributed by atoms with Gasteiger partial charge in [-0.05, 0) is 12.8 Å². The van der Waals surface area contributed by atoms with Crippen LogP contribution in [0.5, 0.6) is 0 Å². The third kappa shape index (κ3) is 1.64. The number of carbonyl (C=O) groups is 2. The van der Waals surface area contributed by atoms with Crippen molar-refractivity contribution in [1.29, 1.82) is 0 Å². The first kappa shape index (κ1) is 9.19. The first-order valence-corrected chi connectivity index (χ1v) is 4.20. The molecule has 3 N–H and O–H groups in total. The highest BCUT2D eigenvalue weighted by molar-refractivity contribution is 5.85. The molecule has 68 valence electrons. The molecular formula is C8H14N2O2. The van der Waals surface area contributed by atoms with Crippen LogP contribution in [0, 0.1) is 0 Å². The third-order valence-corrected chi connectivity index (χ3v) is 2.45. The second-order valence-corrected chi connectivity index (χ2v) is 3.20. The lowest BCUT2D eigenvalue weighted by atomic mass is 9.97. The van der Waals surface area contributed by atoms with Gasteiger partial charge < -0.3 is 10.5 Å². The summed E-state index contributed by atoms with van der Waals surface area (Å²) in [4.78, 5) is 21.2. The predicted molar refractivity (Wildman–Crippen MR) is 44.5 cm³/mol. The summed E-state index contributed by atoms with van der Waals surface area (Å²) in [6.45, 7) is 0.211. The minimum Gasteiger partial charge on any atom is -0.368 e. The van der Waals surface area contributed by atoms with E-state index in [1.807, 2.05) is 0 Å². The van der Waals surface area contributed by atoms with Crippen molar-refractivity contribution in [2.45, 2.75) is 31.2 Å². The molecule has 0 heterocycles. The monoisotopic (exact) mass is 170 g/mol. The van der Waals surface area contributed by atoms with Crippen LogP contribution in [0.4, 0.5) is 0 Å². The van der Waals surface area contributed by atoms with E-state index in [2.05, 4.69) is 5.32 Å². The highest BCUT2D eigenvalue weighted by Gasteiger charge is 2.38. The lowest BCUT2D eigenvalue weighted by Crippen LogP contribution is -2.53. The summed E-state index contributed by atoms with van der Waals surface area (Å²) in [6.07, 6.45) is 4.29. The predicted octanol–water partition coefficient (Wildman–Crippen LogP) is -0.427. The van der Waals surface area contributed by atoms with Crippen molar-refractivity contribution in [3.05, 3.63) is 0 Å². The summed E-state index contributed by atoms with van der Waals surface area (Å²) in [6, 6.07) is 0. The van der Waals surface area contributed by atoms with Gasteiger partial charge in [0.05, 0.1) is 12.1 Å². The molecule has 4 nitrogen and oxygen atoms in total. The molecule has 1 aliphatic rings. The molecule has 0 aliphatic heterocycles. The molecule has 1 saturated carbocycles. The molecule has 1 fully saturated rings. The zero-order valence-corrected chi connectivity index (χ0v) is 7.01. The Balaban J connectivity index is 2.58. The molecule has 0 bridgehead atoms. The number of hydrogen-bond donors (Lipinski definition) is 2. The number of carbonyl (C=O) groups excluding carboxylic acids is 2. The van der Waals surface area contributed by atoms with E-state index >= 15 is 0 Å². The number of aldehydes is 1. The van der Waals surface area contributed by atoms with Crippen LogP contribution in [-0.2, 0) is 9.59 Å². The molecule has 12 heavy (non-hydrogen) atoms. The van der Waals surface area contributed by atoms with Gasteiger partial charge in [-0.1, -0.05) is 12.8 Å². The first-order chi connectivity index (χ1) is 5.71. The zero-order chi connectivity index (χ0) is 9.03. The summed E-state index contributed by atoms with van der Waals surface area (Å²) >= 11 is 0. The quantitative estimate of drug-likeness (QED) is 0.562. The lowest BCUT2D eigenvalue weighted by molar-refractivity contribution is -0.124. The van der Waals surface area contributed by atoms with E-state index in [-0.39, 0.29) is 12.5 Å². The van der Waals surface area contributed by atoms with Crippen LogP contribution in [0.2, 0.25) is 0 Å². The number of rotatable bonds is 4. The maximum Gasteiger partial charge on any atom is 0.237 e. The Hall–Kier alpha value is -0.900. The Labute approximate surface area is 71.5 Å². The first-order valence-electron chi connectivity index (χ1n) is 4.20. The van der Waals surface area contributed by atoms with Gasteiger partial charge in [0, 0.05) is 0 Å². The second kappa shape index (κ2) is 3.67. The smallest absolute Gasteiger partial charge is 0.237 e. The van der Waals surface area contributed by atoms with E-state index in [9.17, 15) is 9.59 Å². The van der Waals surface area contributed by atoms with Gasteiger partial charge in [-0.15, -0.1) is 0 Å². The van der Waals surface area contributed by atoms with Crippen molar-refractivity contribution in [2.75, 3.05) is 6.54 Å². The SMILES string of the molecule is NC(=O)C1(NCC=O)CCCC1. The molecule has 0 aromatic heterocycles. The molecule has 0 aromatic carbocycles. The second-order valence-electron chi connectivity index (χ2n) is 3.20. The largest absolute Gasteiger partial charge is 0.368 e. The maximum atomic E-state index is 11.1. The molecular weight excluding hydrogens is 156 g/mol. The van der Waals surface area contributed by atoms with Gasteiger partial charge in [0.25, 0.3) is 0 Å². The van der Waals surface area contributed by atoms with E-state index < -0.39 is 5.54 Å². The molecule has 1 rings (SSSR count). The Bertz CT molecular complexity index is 185. The van der Waals surface area contributed by atoms with E-state index in [0.717, 1.165) is 32.0 Å². The topological polar surface area (TPSA) is 72.2 Å². The van der Waals surface area contributed by atoms with Crippen molar-refractivity contribution in [1.82, 2.24) is 5.32 Å². The summed E-state index contributed by atoms with van der Waals surface area (Å²) in [5.41, 5.74) is 4.66.